The van der Waals surface area contributed by atoms with Gasteiger partial charge in [-0.15, -0.1) is 0 Å². The van der Waals surface area contributed by atoms with E-state index in [1.54, 1.807) is 36.4 Å². The smallest absolute Gasteiger partial charge is 0.265 e. The highest BCUT2D eigenvalue weighted by Crippen LogP contribution is 2.35. The fourth-order valence-electron chi connectivity index (χ4n) is 3.10. The number of hydrogen-bond acceptors (Lipinski definition) is 6. The molecule has 2 aromatic carbocycles. The van der Waals surface area contributed by atoms with E-state index < -0.39 is 0 Å². The predicted octanol–water partition coefficient (Wildman–Crippen LogP) is 2.21. The van der Waals surface area contributed by atoms with E-state index in [9.17, 15) is 14.4 Å². The third kappa shape index (κ3) is 5.06. The number of carbonyl (C=O) groups is 3. The number of nitrogens with zero attached hydrogens (tertiary/aromatic N) is 1. The number of nitrogens with one attached hydrogen (secondary N) is 2. The number of fused-ring (bicyclic) bond motifs is 1. The molecule has 2 N–H and O–H groups in total. The molecule has 31 heavy (non-hydrogen) atoms. The first-order valence-electron chi connectivity index (χ1n) is 9.84. The Balaban J connectivity index is 1.80. The zero-order valence-electron chi connectivity index (χ0n) is 17.7. The van der Waals surface area contributed by atoms with E-state index in [2.05, 4.69) is 10.6 Å². The first kappa shape index (κ1) is 21.9. The van der Waals surface area contributed by atoms with E-state index >= 15 is 0 Å². The summed E-state index contributed by atoms with van der Waals surface area (Å²) in [5.41, 5.74) is 1.25. The Hall–Kier alpha value is -3.75. The summed E-state index contributed by atoms with van der Waals surface area (Å²) in [6, 6.07) is 9.77. The van der Waals surface area contributed by atoms with Gasteiger partial charge >= 0.3 is 0 Å². The lowest BCUT2D eigenvalue weighted by atomic mass is 10.1. The largest absolute Gasteiger partial charge is 0.493 e. The lowest BCUT2D eigenvalue weighted by Crippen LogP contribution is -2.45. The fourth-order valence-corrected chi connectivity index (χ4v) is 3.10. The Labute approximate surface area is 180 Å². The van der Waals surface area contributed by atoms with Gasteiger partial charge in [-0.25, -0.2) is 0 Å². The van der Waals surface area contributed by atoms with Crippen LogP contribution in [0.4, 0.5) is 11.4 Å². The molecule has 0 unspecified atom stereocenters. The second-order valence-electron chi connectivity index (χ2n) is 6.82. The molecule has 164 valence electrons. The maximum absolute atomic E-state index is 12.7. The molecule has 1 aliphatic heterocycles. The molecule has 0 spiro atoms. The molecule has 0 fully saturated rings. The molecule has 9 nitrogen and oxygen atoms in total. The van der Waals surface area contributed by atoms with Crippen LogP contribution >= 0.6 is 0 Å². The molecule has 0 aliphatic carbocycles. The summed E-state index contributed by atoms with van der Waals surface area (Å²) in [5, 5.41) is 5.54. The Kier molecular flexibility index (Phi) is 6.96. The molecule has 3 amide bonds. The summed E-state index contributed by atoms with van der Waals surface area (Å²) < 4.78 is 15.9. The lowest BCUT2D eigenvalue weighted by Gasteiger charge is -2.29. The van der Waals surface area contributed by atoms with Crippen molar-refractivity contribution < 1.29 is 28.6 Å². The Bertz CT molecular complexity index is 991. The monoisotopic (exact) mass is 427 g/mol. The van der Waals surface area contributed by atoms with Crippen molar-refractivity contribution in [3.8, 4) is 17.2 Å². The van der Waals surface area contributed by atoms with Gasteiger partial charge in [-0.2, -0.15) is 0 Å². The van der Waals surface area contributed by atoms with E-state index in [0.717, 1.165) is 6.42 Å². The SMILES string of the molecule is CCCNC(=O)CN1C(=O)COc2ccc(NC(=O)c3ccc(OC)c(OC)c3)cc21. The second-order valence-corrected chi connectivity index (χ2v) is 6.82. The van der Waals surface area contributed by atoms with Crippen LogP contribution < -0.4 is 29.7 Å². The van der Waals surface area contributed by atoms with Crippen LogP contribution in [0.5, 0.6) is 17.2 Å². The average molecular weight is 427 g/mol. The summed E-state index contributed by atoms with van der Waals surface area (Å²) in [6.45, 7) is 2.21. The van der Waals surface area contributed by atoms with Crippen LogP contribution in [0.3, 0.4) is 0 Å². The van der Waals surface area contributed by atoms with Gasteiger partial charge in [0.15, 0.2) is 18.1 Å². The number of amides is 3. The summed E-state index contributed by atoms with van der Waals surface area (Å²) in [7, 11) is 3.01. The molecule has 1 aliphatic rings. The van der Waals surface area contributed by atoms with Crippen molar-refractivity contribution >= 4 is 29.1 Å². The first-order valence-corrected chi connectivity index (χ1v) is 9.84. The van der Waals surface area contributed by atoms with Gasteiger partial charge in [0, 0.05) is 17.8 Å². The van der Waals surface area contributed by atoms with Crippen LogP contribution in [0, 0.1) is 0 Å². The molecule has 0 atom stereocenters. The van der Waals surface area contributed by atoms with Crippen molar-refractivity contribution in [1.82, 2.24) is 5.32 Å². The number of rotatable bonds is 8. The van der Waals surface area contributed by atoms with Gasteiger partial charge in [-0.05, 0) is 42.8 Å². The lowest BCUT2D eigenvalue weighted by molar-refractivity contribution is -0.125. The zero-order chi connectivity index (χ0) is 22.4. The molecule has 0 radical (unpaired) electrons. The van der Waals surface area contributed by atoms with Crippen LogP contribution in [0.15, 0.2) is 36.4 Å². The number of carbonyl (C=O) groups excluding carboxylic acids is 3. The van der Waals surface area contributed by atoms with Crippen LogP contribution in [0.2, 0.25) is 0 Å². The van der Waals surface area contributed by atoms with Crippen molar-refractivity contribution in [2.45, 2.75) is 13.3 Å². The fraction of sp³-hybridized carbons (Fsp3) is 0.318. The first-order chi connectivity index (χ1) is 15.0. The van der Waals surface area contributed by atoms with Gasteiger partial charge in [0.05, 0.1) is 19.9 Å². The maximum atomic E-state index is 12.7. The predicted molar refractivity (Wildman–Crippen MR) is 115 cm³/mol. The van der Waals surface area contributed by atoms with E-state index in [1.807, 2.05) is 6.92 Å². The molecule has 0 aromatic heterocycles. The maximum Gasteiger partial charge on any atom is 0.265 e. The summed E-state index contributed by atoms with van der Waals surface area (Å²) in [5.74, 6) is 0.456. The minimum absolute atomic E-state index is 0.123. The Morgan fingerprint density at radius 3 is 2.58 bits per heavy atom. The van der Waals surface area contributed by atoms with Crippen molar-refractivity contribution in [2.75, 3.05) is 44.1 Å². The molecule has 0 saturated heterocycles. The molecule has 0 bridgehead atoms. The third-order valence-electron chi connectivity index (χ3n) is 4.68. The molecule has 0 saturated carbocycles. The quantitative estimate of drug-likeness (QED) is 0.669. The van der Waals surface area contributed by atoms with Gasteiger partial charge in [-0.3, -0.25) is 19.3 Å². The van der Waals surface area contributed by atoms with Crippen LogP contribution in [-0.2, 0) is 9.59 Å². The Morgan fingerprint density at radius 2 is 1.87 bits per heavy atom. The van der Waals surface area contributed by atoms with Crippen LogP contribution in [0.25, 0.3) is 0 Å². The number of methoxy groups -OCH3 is 2. The average Bonchev–Trinajstić information content (AvgIpc) is 2.79. The van der Waals surface area contributed by atoms with Crippen molar-refractivity contribution in [2.24, 2.45) is 0 Å². The van der Waals surface area contributed by atoms with Gasteiger partial charge in [0.25, 0.3) is 11.8 Å². The molecule has 1 heterocycles. The molecular formula is C22H25N3O6. The minimum atomic E-state index is -0.365. The van der Waals surface area contributed by atoms with E-state index in [4.69, 9.17) is 14.2 Å². The highest BCUT2D eigenvalue weighted by Gasteiger charge is 2.27. The number of anilines is 2. The van der Waals surface area contributed by atoms with E-state index in [0.29, 0.717) is 40.7 Å². The second kappa shape index (κ2) is 9.84. The summed E-state index contributed by atoms with van der Waals surface area (Å²) in [4.78, 5) is 38.6. The molecule has 9 heteroatoms. The minimum Gasteiger partial charge on any atom is -0.493 e. The highest BCUT2D eigenvalue weighted by molar-refractivity contribution is 6.06. The van der Waals surface area contributed by atoms with Crippen LogP contribution in [-0.4, -0.2) is 51.6 Å². The van der Waals surface area contributed by atoms with Gasteiger partial charge < -0.3 is 24.8 Å². The summed E-state index contributed by atoms with van der Waals surface area (Å²) >= 11 is 0. The topological polar surface area (TPSA) is 106 Å². The van der Waals surface area contributed by atoms with Crippen molar-refractivity contribution in [3.05, 3.63) is 42.0 Å². The number of benzene rings is 2. The summed E-state index contributed by atoms with van der Waals surface area (Å²) in [6.07, 6.45) is 0.797. The van der Waals surface area contributed by atoms with Gasteiger partial charge in [0.1, 0.15) is 12.3 Å². The van der Waals surface area contributed by atoms with Crippen molar-refractivity contribution in [1.29, 1.82) is 0 Å². The van der Waals surface area contributed by atoms with Gasteiger partial charge in [-0.1, -0.05) is 6.92 Å². The highest BCUT2D eigenvalue weighted by atomic mass is 16.5. The third-order valence-corrected chi connectivity index (χ3v) is 4.68. The van der Waals surface area contributed by atoms with Crippen molar-refractivity contribution in [3.63, 3.8) is 0 Å². The molecule has 3 rings (SSSR count). The number of ether oxygens (including phenoxy) is 3. The molecular weight excluding hydrogens is 402 g/mol. The van der Waals surface area contributed by atoms with E-state index in [1.165, 1.54) is 19.1 Å². The van der Waals surface area contributed by atoms with Crippen LogP contribution in [0.1, 0.15) is 23.7 Å². The van der Waals surface area contributed by atoms with E-state index in [-0.39, 0.29) is 30.9 Å². The normalized spacial score (nSPS) is 12.5. The Morgan fingerprint density at radius 1 is 1.10 bits per heavy atom. The number of hydrogen-bond donors (Lipinski definition) is 2. The molecule has 2 aromatic rings. The van der Waals surface area contributed by atoms with Gasteiger partial charge in [0.2, 0.25) is 5.91 Å². The zero-order valence-corrected chi connectivity index (χ0v) is 17.7. The standard InChI is InChI=1S/C22H25N3O6/c1-4-9-23-20(26)12-25-16-11-15(6-8-17(16)31-13-21(25)27)24-22(28)14-5-7-18(29-2)19(10-14)30-3/h5-8,10-11H,4,9,12-13H2,1-3H3,(H,23,26)(H,24,28).